The number of halogens is 1. The number of carbonyl (C=O) groups excluding carboxylic acids is 1. The van der Waals surface area contributed by atoms with Crippen molar-refractivity contribution in [2.45, 2.75) is 39.5 Å². The highest BCUT2D eigenvalue weighted by atomic mass is 35.5. The number of unbranched alkanes of at least 4 members (excludes halogenated alkanes) is 2. The lowest BCUT2D eigenvalue weighted by Crippen LogP contribution is -2.29. The van der Waals surface area contributed by atoms with Crippen LogP contribution >= 0.6 is 11.6 Å². The molecule has 0 fully saturated rings. The summed E-state index contributed by atoms with van der Waals surface area (Å²) in [5.74, 6) is 1.04. The van der Waals surface area contributed by atoms with Crippen molar-refractivity contribution >= 4 is 17.5 Å². The normalized spacial score (nSPS) is 12.5. The molecule has 0 aliphatic rings. The van der Waals surface area contributed by atoms with Crippen LogP contribution in [0, 0.1) is 5.92 Å². The van der Waals surface area contributed by atoms with Crippen LogP contribution in [-0.2, 0) is 4.79 Å². The fraction of sp³-hybridized carbons (Fsp3) is 0.900. The summed E-state index contributed by atoms with van der Waals surface area (Å²) in [4.78, 5) is 11.3. The number of carbonyl (C=O) groups is 1. The van der Waals surface area contributed by atoms with Crippen LogP contribution in [0.5, 0.6) is 0 Å². The van der Waals surface area contributed by atoms with E-state index in [4.69, 9.17) is 11.6 Å². The van der Waals surface area contributed by atoms with Gasteiger partial charge in [-0.25, -0.2) is 0 Å². The first kappa shape index (κ1) is 12.8. The summed E-state index contributed by atoms with van der Waals surface area (Å²) in [6.07, 6.45) is 4.09. The van der Waals surface area contributed by atoms with E-state index >= 15 is 0 Å². The van der Waals surface area contributed by atoms with Gasteiger partial charge in [-0.05, 0) is 19.3 Å². The van der Waals surface area contributed by atoms with Gasteiger partial charge in [0.15, 0.2) is 0 Å². The Hall–Kier alpha value is -0.240. The number of nitrogens with one attached hydrogen (secondary N) is 1. The summed E-state index contributed by atoms with van der Waals surface area (Å²) in [6, 6.07) is 0. The van der Waals surface area contributed by atoms with Crippen LogP contribution in [0.25, 0.3) is 0 Å². The molecule has 0 saturated heterocycles. The van der Waals surface area contributed by atoms with Crippen LogP contribution < -0.4 is 5.32 Å². The van der Waals surface area contributed by atoms with Gasteiger partial charge in [0.05, 0.1) is 0 Å². The van der Waals surface area contributed by atoms with Gasteiger partial charge >= 0.3 is 0 Å². The van der Waals surface area contributed by atoms with Crippen molar-refractivity contribution in [2.75, 3.05) is 12.4 Å². The Bertz CT molecular complexity index is 139. The van der Waals surface area contributed by atoms with Crippen LogP contribution in [0.3, 0.4) is 0 Å². The minimum Gasteiger partial charge on any atom is -0.356 e. The second-order valence-corrected chi connectivity index (χ2v) is 3.73. The molecule has 0 rings (SSSR count). The summed E-state index contributed by atoms with van der Waals surface area (Å²) < 4.78 is 0. The first-order chi connectivity index (χ1) is 6.22. The van der Waals surface area contributed by atoms with Crippen molar-refractivity contribution < 1.29 is 4.79 Å². The summed E-state index contributed by atoms with van der Waals surface area (Å²) in [5.41, 5.74) is 0. The van der Waals surface area contributed by atoms with Crippen molar-refractivity contribution in [3.05, 3.63) is 0 Å². The van der Waals surface area contributed by atoms with Crippen molar-refractivity contribution in [3.8, 4) is 0 Å². The summed E-state index contributed by atoms with van der Waals surface area (Å²) >= 11 is 5.53. The molecule has 0 aliphatic heterocycles. The third-order valence-electron chi connectivity index (χ3n) is 2.17. The second-order valence-electron chi connectivity index (χ2n) is 3.35. The Labute approximate surface area is 86.0 Å². The highest BCUT2D eigenvalue weighted by Gasteiger charge is 2.08. The fourth-order valence-corrected chi connectivity index (χ4v) is 1.16. The minimum absolute atomic E-state index is 0.146. The van der Waals surface area contributed by atoms with E-state index in [9.17, 15) is 4.79 Å². The Morgan fingerprint density at radius 1 is 1.38 bits per heavy atom. The molecule has 1 atom stereocenters. The lowest BCUT2D eigenvalue weighted by atomic mass is 10.1. The number of alkyl halides is 1. The van der Waals surface area contributed by atoms with Crippen LogP contribution in [0.2, 0.25) is 0 Å². The minimum atomic E-state index is 0.146. The lowest BCUT2D eigenvalue weighted by Gasteiger charge is -2.09. The smallest absolute Gasteiger partial charge is 0.222 e. The Morgan fingerprint density at radius 3 is 2.62 bits per heavy atom. The number of rotatable bonds is 7. The summed E-state index contributed by atoms with van der Waals surface area (Å²) in [5, 5.41) is 2.91. The van der Waals surface area contributed by atoms with E-state index in [-0.39, 0.29) is 11.8 Å². The molecular formula is C10H20ClNO. The predicted octanol–water partition coefficient (Wildman–Crippen LogP) is 2.56. The molecule has 78 valence electrons. The lowest BCUT2D eigenvalue weighted by molar-refractivity contribution is -0.124. The Morgan fingerprint density at radius 2 is 2.08 bits per heavy atom. The second kappa shape index (κ2) is 8.36. The molecule has 0 saturated carbocycles. The van der Waals surface area contributed by atoms with Crippen molar-refractivity contribution in [3.63, 3.8) is 0 Å². The van der Waals surface area contributed by atoms with Crippen molar-refractivity contribution in [1.82, 2.24) is 5.32 Å². The molecule has 0 spiro atoms. The highest BCUT2D eigenvalue weighted by Crippen LogP contribution is 2.00. The maximum atomic E-state index is 11.3. The molecule has 0 aliphatic carbocycles. The Balaban J connectivity index is 3.27. The average Bonchev–Trinajstić information content (AvgIpc) is 2.16. The van der Waals surface area contributed by atoms with Gasteiger partial charge in [-0.2, -0.15) is 0 Å². The third kappa shape index (κ3) is 6.88. The van der Waals surface area contributed by atoms with Gasteiger partial charge in [-0.3, -0.25) is 4.79 Å². The SMILES string of the molecule is CCC(C)C(=O)NCCCCCCl. The van der Waals surface area contributed by atoms with Crippen molar-refractivity contribution in [1.29, 1.82) is 0 Å². The number of amides is 1. The van der Waals surface area contributed by atoms with Gasteiger partial charge in [0, 0.05) is 18.3 Å². The molecule has 0 aromatic carbocycles. The van der Waals surface area contributed by atoms with Gasteiger partial charge < -0.3 is 5.32 Å². The predicted molar refractivity (Wildman–Crippen MR) is 57.0 cm³/mol. The third-order valence-corrected chi connectivity index (χ3v) is 2.44. The number of hydrogen-bond acceptors (Lipinski definition) is 1. The monoisotopic (exact) mass is 205 g/mol. The fourth-order valence-electron chi connectivity index (χ4n) is 0.967. The molecule has 2 nitrogen and oxygen atoms in total. The zero-order valence-corrected chi connectivity index (χ0v) is 9.36. The molecule has 0 bridgehead atoms. The molecule has 1 unspecified atom stereocenters. The first-order valence-corrected chi connectivity index (χ1v) is 5.59. The van der Waals surface area contributed by atoms with E-state index in [0.29, 0.717) is 0 Å². The number of hydrogen-bond donors (Lipinski definition) is 1. The standard InChI is InChI=1S/C10H20ClNO/c1-3-9(2)10(13)12-8-6-4-5-7-11/h9H,3-8H2,1-2H3,(H,12,13). The van der Waals surface area contributed by atoms with E-state index in [2.05, 4.69) is 5.32 Å². The molecule has 3 heteroatoms. The van der Waals surface area contributed by atoms with E-state index in [1.807, 2.05) is 13.8 Å². The van der Waals surface area contributed by atoms with E-state index in [0.717, 1.165) is 38.1 Å². The zero-order chi connectivity index (χ0) is 10.1. The van der Waals surface area contributed by atoms with E-state index in [1.54, 1.807) is 0 Å². The van der Waals surface area contributed by atoms with Gasteiger partial charge in [0.1, 0.15) is 0 Å². The Kier molecular flexibility index (Phi) is 8.21. The van der Waals surface area contributed by atoms with Crippen LogP contribution in [-0.4, -0.2) is 18.3 Å². The largest absolute Gasteiger partial charge is 0.356 e. The van der Waals surface area contributed by atoms with Crippen LogP contribution in [0.15, 0.2) is 0 Å². The molecule has 0 aromatic heterocycles. The average molecular weight is 206 g/mol. The van der Waals surface area contributed by atoms with Crippen LogP contribution in [0.4, 0.5) is 0 Å². The molecule has 13 heavy (non-hydrogen) atoms. The van der Waals surface area contributed by atoms with Gasteiger partial charge in [0.2, 0.25) is 5.91 Å². The maximum absolute atomic E-state index is 11.3. The quantitative estimate of drug-likeness (QED) is 0.503. The topological polar surface area (TPSA) is 29.1 Å². The molecule has 1 amide bonds. The van der Waals surface area contributed by atoms with Gasteiger partial charge in [0.25, 0.3) is 0 Å². The molecule has 0 radical (unpaired) electrons. The van der Waals surface area contributed by atoms with Gasteiger partial charge in [-0.1, -0.05) is 20.3 Å². The van der Waals surface area contributed by atoms with E-state index in [1.165, 1.54) is 0 Å². The van der Waals surface area contributed by atoms with Crippen molar-refractivity contribution in [2.24, 2.45) is 5.92 Å². The highest BCUT2D eigenvalue weighted by molar-refractivity contribution is 6.17. The van der Waals surface area contributed by atoms with E-state index < -0.39 is 0 Å². The first-order valence-electron chi connectivity index (χ1n) is 5.06. The summed E-state index contributed by atoms with van der Waals surface area (Å²) in [7, 11) is 0. The molecule has 0 aromatic rings. The van der Waals surface area contributed by atoms with Gasteiger partial charge in [-0.15, -0.1) is 11.6 Å². The summed E-state index contributed by atoms with van der Waals surface area (Å²) in [6.45, 7) is 4.77. The van der Waals surface area contributed by atoms with Crippen LogP contribution in [0.1, 0.15) is 39.5 Å². The maximum Gasteiger partial charge on any atom is 0.222 e. The molecule has 1 N–H and O–H groups in total. The molecule has 0 heterocycles. The zero-order valence-electron chi connectivity index (χ0n) is 8.61. The molecular weight excluding hydrogens is 186 g/mol.